The van der Waals surface area contributed by atoms with Crippen LogP contribution in [0.1, 0.15) is 101 Å². The van der Waals surface area contributed by atoms with Crippen LogP contribution in [0.5, 0.6) is 0 Å². The molecule has 6 bridgehead atoms. The SMILES string of the molecule is CC1=C2CC(CC1C1(C3CC4CC(=C3C)C4(C)C)CC3CC(=C1C)C3(C)C)C2(C)C.COC(=O)C=CC(=O)OC. The van der Waals surface area contributed by atoms with E-state index in [1.165, 1.54) is 52.7 Å². The molecule has 4 heteroatoms. The monoisotopic (exact) mass is 548 g/mol. The van der Waals surface area contributed by atoms with Gasteiger partial charge in [0.25, 0.3) is 0 Å². The zero-order chi connectivity index (χ0) is 29.6. The molecule has 0 aromatic rings. The lowest BCUT2D eigenvalue weighted by Crippen LogP contribution is -2.59. The highest BCUT2D eigenvalue weighted by Crippen LogP contribution is 2.75. The average molecular weight is 549 g/mol. The minimum Gasteiger partial charge on any atom is -0.466 e. The molecule has 0 N–H and O–H groups in total. The molecular formula is C36H52O4. The summed E-state index contributed by atoms with van der Waals surface area (Å²) in [6.45, 7) is 22.9. The van der Waals surface area contributed by atoms with Crippen molar-refractivity contribution in [3.63, 3.8) is 0 Å². The highest BCUT2D eigenvalue weighted by Gasteiger charge is 2.65. The van der Waals surface area contributed by atoms with Crippen LogP contribution in [0.4, 0.5) is 0 Å². The molecule has 0 spiro atoms. The predicted octanol–water partition coefficient (Wildman–Crippen LogP) is 8.39. The number of methoxy groups -OCH3 is 2. The second kappa shape index (κ2) is 9.46. The van der Waals surface area contributed by atoms with E-state index in [2.05, 4.69) is 71.8 Å². The van der Waals surface area contributed by atoms with Crippen molar-refractivity contribution in [2.75, 3.05) is 14.2 Å². The van der Waals surface area contributed by atoms with Gasteiger partial charge in [-0.3, -0.25) is 0 Å². The standard InChI is InChI=1S/C30H44.C6H8O4/c1-16-22-10-19(27(22,4)5)12-24(16)30(15-21-14-26(18(30)3)29(21,8)9)25-13-20-11-23(17(25)2)28(20,6)7;1-9-5(7)3-4-6(8)10-2/h19-21,24-25H,10-15H2,1-9H3;3-4H,1-2H3. The Labute approximate surface area is 242 Å². The molecule has 5 unspecified atom stereocenters. The smallest absolute Gasteiger partial charge is 0.330 e. The molecule has 220 valence electrons. The number of ether oxygens (including phenoxy) is 2. The van der Waals surface area contributed by atoms with Crippen LogP contribution in [0.2, 0.25) is 0 Å². The molecule has 0 aromatic heterocycles. The zero-order valence-electron chi connectivity index (χ0n) is 26.9. The van der Waals surface area contributed by atoms with E-state index in [0.29, 0.717) is 21.7 Å². The summed E-state index contributed by atoms with van der Waals surface area (Å²) in [6, 6.07) is 0. The molecule has 0 radical (unpaired) electrons. The number of rotatable bonds is 4. The van der Waals surface area contributed by atoms with Gasteiger partial charge in [-0.2, -0.15) is 0 Å². The van der Waals surface area contributed by atoms with Gasteiger partial charge >= 0.3 is 11.9 Å². The number of esters is 2. The number of fused-ring (bicyclic) bond motifs is 8. The van der Waals surface area contributed by atoms with Crippen molar-refractivity contribution in [3.05, 3.63) is 45.6 Å². The maximum Gasteiger partial charge on any atom is 0.330 e. The Hall–Kier alpha value is -2.10. The van der Waals surface area contributed by atoms with Crippen LogP contribution in [0.3, 0.4) is 0 Å². The van der Waals surface area contributed by atoms with Gasteiger partial charge in [-0.1, -0.05) is 75.0 Å². The van der Waals surface area contributed by atoms with Crippen molar-refractivity contribution >= 4 is 11.9 Å². The predicted molar refractivity (Wildman–Crippen MR) is 160 cm³/mol. The third-order valence-electron chi connectivity index (χ3n) is 13.5. The Balaban J connectivity index is 0.000000279. The first kappa shape index (κ1) is 29.4. The highest BCUT2D eigenvalue weighted by molar-refractivity contribution is 5.91. The van der Waals surface area contributed by atoms with Crippen LogP contribution in [0.15, 0.2) is 45.6 Å². The third-order valence-corrected chi connectivity index (χ3v) is 13.5. The van der Waals surface area contributed by atoms with Crippen LogP contribution >= 0.6 is 0 Å². The first-order chi connectivity index (χ1) is 18.5. The first-order valence-electron chi connectivity index (χ1n) is 15.5. The van der Waals surface area contributed by atoms with Gasteiger partial charge in [-0.15, -0.1) is 0 Å². The number of hydrogen-bond donors (Lipinski definition) is 0. The summed E-state index contributed by atoms with van der Waals surface area (Å²) in [5.41, 5.74) is 12.8. The quantitative estimate of drug-likeness (QED) is 0.201. The Morgan fingerprint density at radius 2 is 1.02 bits per heavy atom. The van der Waals surface area contributed by atoms with Gasteiger partial charge in [-0.05, 0) is 105 Å². The summed E-state index contributed by atoms with van der Waals surface area (Å²) in [7, 11) is 2.45. The molecule has 0 amide bonds. The molecule has 40 heavy (non-hydrogen) atoms. The van der Waals surface area contributed by atoms with Gasteiger partial charge in [-0.25, -0.2) is 9.59 Å². The summed E-state index contributed by atoms with van der Waals surface area (Å²) < 4.78 is 8.42. The number of carbonyl (C=O) groups excluding carboxylic acids is 2. The summed E-state index contributed by atoms with van der Waals surface area (Å²) in [5.74, 6) is 3.19. The normalized spacial score (nSPS) is 37.5. The number of allylic oxidation sites excluding steroid dienone is 6. The molecule has 9 aliphatic carbocycles. The molecule has 3 saturated carbocycles. The molecule has 9 rings (SSSR count). The Morgan fingerprint density at radius 1 is 0.650 bits per heavy atom. The van der Waals surface area contributed by atoms with Gasteiger partial charge in [0.2, 0.25) is 0 Å². The van der Waals surface area contributed by atoms with Crippen LogP contribution in [-0.4, -0.2) is 26.2 Å². The first-order valence-corrected chi connectivity index (χ1v) is 15.5. The molecule has 0 aromatic carbocycles. The van der Waals surface area contributed by atoms with Crippen LogP contribution in [0.25, 0.3) is 0 Å². The second-order valence-corrected chi connectivity index (χ2v) is 15.5. The molecule has 3 fully saturated rings. The molecule has 4 nitrogen and oxygen atoms in total. The number of hydrogen-bond acceptors (Lipinski definition) is 4. The molecule has 9 aliphatic rings. The van der Waals surface area contributed by atoms with Gasteiger partial charge in [0.15, 0.2) is 0 Å². The minimum absolute atomic E-state index is 0.419. The van der Waals surface area contributed by atoms with E-state index in [1.807, 2.05) is 33.4 Å². The second-order valence-electron chi connectivity index (χ2n) is 15.5. The maximum atomic E-state index is 10.3. The van der Waals surface area contributed by atoms with Crippen molar-refractivity contribution in [1.29, 1.82) is 0 Å². The van der Waals surface area contributed by atoms with Crippen LogP contribution < -0.4 is 0 Å². The highest BCUT2D eigenvalue weighted by atomic mass is 16.5. The van der Waals surface area contributed by atoms with E-state index in [1.54, 1.807) is 0 Å². The fourth-order valence-electron chi connectivity index (χ4n) is 10.4. The summed E-state index contributed by atoms with van der Waals surface area (Å²) in [5, 5.41) is 0. The molecule has 0 heterocycles. The number of carbonyl (C=O) groups is 2. The minimum atomic E-state index is -0.578. The molecule has 0 aliphatic heterocycles. The summed E-state index contributed by atoms with van der Waals surface area (Å²) in [6.07, 6.45) is 10.5. The van der Waals surface area contributed by atoms with Crippen molar-refractivity contribution < 1.29 is 19.1 Å². The van der Waals surface area contributed by atoms with E-state index in [-0.39, 0.29) is 0 Å². The van der Waals surface area contributed by atoms with Crippen molar-refractivity contribution in [3.8, 4) is 0 Å². The van der Waals surface area contributed by atoms with Crippen LogP contribution in [-0.2, 0) is 19.1 Å². The van der Waals surface area contributed by atoms with Crippen molar-refractivity contribution in [2.45, 2.75) is 101 Å². The Kier molecular flexibility index (Phi) is 6.95. The van der Waals surface area contributed by atoms with Gasteiger partial charge in [0.1, 0.15) is 0 Å². The molecule has 0 saturated heterocycles. The van der Waals surface area contributed by atoms with Crippen molar-refractivity contribution in [1.82, 2.24) is 0 Å². The van der Waals surface area contributed by atoms with E-state index >= 15 is 0 Å². The fraction of sp³-hybridized carbons (Fsp3) is 0.722. The third kappa shape index (κ3) is 3.90. The fourth-order valence-corrected chi connectivity index (χ4v) is 10.4. The lowest BCUT2D eigenvalue weighted by molar-refractivity contribution is -0.137. The summed E-state index contributed by atoms with van der Waals surface area (Å²) in [4.78, 5) is 20.6. The topological polar surface area (TPSA) is 52.6 Å². The van der Waals surface area contributed by atoms with Crippen molar-refractivity contribution in [2.24, 2.45) is 51.2 Å². The zero-order valence-corrected chi connectivity index (χ0v) is 26.9. The van der Waals surface area contributed by atoms with E-state index in [9.17, 15) is 9.59 Å². The van der Waals surface area contributed by atoms with Crippen LogP contribution in [0, 0.1) is 51.2 Å². The van der Waals surface area contributed by atoms with E-state index in [4.69, 9.17) is 0 Å². The average Bonchev–Trinajstić information content (AvgIpc) is 2.91. The maximum absolute atomic E-state index is 10.3. The lowest BCUT2D eigenvalue weighted by Gasteiger charge is -2.69. The summed E-state index contributed by atoms with van der Waals surface area (Å²) >= 11 is 0. The van der Waals surface area contributed by atoms with Gasteiger partial charge in [0, 0.05) is 17.6 Å². The Bertz CT molecular complexity index is 1180. The Morgan fingerprint density at radius 3 is 1.32 bits per heavy atom. The van der Waals surface area contributed by atoms with Gasteiger partial charge in [0.05, 0.1) is 14.2 Å². The van der Waals surface area contributed by atoms with Gasteiger partial charge < -0.3 is 9.47 Å². The molecular weight excluding hydrogens is 496 g/mol. The van der Waals surface area contributed by atoms with E-state index < -0.39 is 11.9 Å². The largest absolute Gasteiger partial charge is 0.466 e. The molecule has 5 atom stereocenters. The lowest BCUT2D eigenvalue weighted by atomic mass is 9.36. The van der Waals surface area contributed by atoms with E-state index in [0.717, 1.165) is 41.7 Å².